The van der Waals surface area contributed by atoms with Crippen LogP contribution in [0.5, 0.6) is 0 Å². The number of aromatic nitrogens is 8. The minimum Gasteiger partial charge on any atom is -0.382 e. The second-order valence-corrected chi connectivity index (χ2v) is 12.0. The molecular formula is C36H39N9O4. The summed E-state index contributed by atoms with van der Waals surface area (Å²) in [6, 6.07) is 6.07. The van der Waals surface area contributed by atoms with Crippen molar-refractivity contribution in [2.24, 2.45) is 0 Å². The van der Waals surface area contributed by atoms with Crippen LogP contribution >= 0.6 is 0 Å². The molecule has 0 amide bonds. The number of H-pyrrole nitrogens is 2. The van der Waals surface area contributed by atoms with E-state index in [2.05, 4.69) is 48.6 Å². The summed E-state index contributed by atoms with van der Waals surface area (Å²) >= 11 is 0. The number of nitrogen functional groups attached to an aromatic ring is 1. The maximum atomic E-state index is 12.0. The van der Waals surface area contributed by atoms with E-state index >= 15 is 0 Å². The number of nitrogens with one attached hydrogen (secondary N) is 2. The van der Waals surface area contributed by atoms with Gasteiger partial charge in [-0.2, -0.15) is 0 Å². The number of unbranched alkanes of at least 4 members (excludes halogenated alkanes) is 6. The zero-order chi connectivity index (χ0) is 34.8. The number of aryl methyl sites for hydroxylation is 4. The second kappa shape index (κ2) is 16.2. The van der Waals surface area contributed by atoms with Crippen molar-refractivity contribution in [3.05, 3.63) is 113 Å². The van der Waals surface area contributed by atoms with Gasteiger partial charge in [-0.05, 0) is 63.3 Å². The first kappa shape index (κ1) is 34.4. The first-order valence-electron chi connectivity index (χ1n) is 16.3. The van der Waals surface area contributed by atoms with Crippen molar-refractivity contribution in [1.29, 1.82) is 0 Å². The van der Waals surface area contributed by atoms with Crippen molar-refractivity contribution in [3.63, 3.8) is 0 Å². The predicted molar refractivity (Wildman–Crippen MR) is 188 cm³/mol. The van der Waals surface area contributed by atoms with E-state index in [0.29, 0.717) is 60.6 Å². The zero-order valence-electron chi connectivity index (χ0n) is 27.7. The number of rotatable bonds is 12. The highest BCUT2D eigenvalue weighted by molar-refractivity contribution is 5.81. The standard InChI is InChI=1S/C36H39N9O4/c1-25-20-43(35(48)41-33(25)46)15-11-7-3-5-9-13-27-17-28(14-10-6-4-8-12-16-44-21-26(2)34(47)42-36(44)49)19-29(18-27)22-45-24-40-30-31(37)38-23-39-32(30)45/h17-21,23-24H,3-8,11-12,15-16,22H2,1-2H3,(H2,37,38,39)(H,41,46,48)(H,42,47,49). The molecule has 0 aliphatic rings. The van der Waals surface area contributed by atoms with Crippen LogP contribution in [0.3, 0.4) is 0 Å². The molecule has 4 N–H and O–H groups in total. The highest BCUT2D eigenvalue weighted by Crippen LogP contribution is 2.17. The Hall–Kier alpha value is -5.95. The number of hydrogen-bond acceptors (Lipinski definition) is 8. The van der Waals surface area contributed by atoms with Gasteiger partial charge < -0.3 is 19.4 Å². The number of aromatic amines is 2. The molecule has 0 aliphatic heterocycles. The molecule has 1 aromatic carbocycles. The lowest BCUT2D eigenvalue weighted by atomic mass is 10.0. The Morgan fingerprint density at radius 3 is 1.80 bits per heavy atom. The largest absolute Gasteiger partial charge is 0.382 e. The lowest BCUT2D eigenvalue weighted by molar-refractivity contribution is 0.565. The second-order valence-electron chi connectivity index (χ2n) is 12.0. The monoisotopic (exact) mass is 661 g/mol. The minimum absolute atomic E-state index is 0.330. The van der Waals surface area contributed by atoms with E-state index < -0.39 is 0 Å². The number of anilines is 1. The quantitative estimate of drug-likeness (QED) is 0.135. The first-order valence-corrected chi connectivity index (χ1v) is 16.3. The Kier molecular flexibility index (Phi) is 11.4. The molecule has 4 aromatic heterocycles. The van der Waals surface area contributed by atoms with Crippen LogP contribution in [0.15, 0.2) is 62.4 Å². The number of fused-ring (bicyclic) bond motifs is 1. The normalized spacial score (nSPS) is 10.8. The molecule has 5 aromatic rings. The third kappa shape index (κ3) is 9.32. The van der Waals surface area contributed by atoms with Gasteiger partial charge in [0.05, 0.1) is 12.9 Å². The number of imidazole rings is 1. The van der Waals surface area contributed by atoms with Gasteiger partial charge in [0, 0.05) is 60.6 Å². The van der Waals surface area contributed by atoms with E-state index in [0.717, 1.165) is 55.2 Å². The minimum atomic E-state index is -0.385. The van der Waals surface area contributed by atoms with Crippen molar-refractivity contribution in [2.75, 3.05) is 5.73 Å². The SMILES string of the molecule is Cc1cn(CCCCCC#Cc2cc(C#CCCCCCn3cc(C)c(=O)[nH]c3=O)cc(Cn3cnc4c(N)ncnc43)c2)c(=O)[nH]c1=O. The van der Waals surface area contributed by atoms with Gasteiger partial charge in [-0.3, -0.25) is 19.6 Å². The Morgan fingerprint density at radius 1 is 0.694 bits per heavy atom. The summed E-state index contributed by atoms with van der Waals surface area (Å²) in [4.78, 5) is 64.6. The fourth-order valence-electron chi connectivity index (χ4n) is 5.38. The lowest BCUT2D eigenvalue weighted by Gasteiger charge is -2.06. The fourth-order valence-corrected chi connectivity index (χ4v) is 5.38. The number of nitrogens with zero attached hydrogens (tertiary/aromatic N) is 6. The molecule has 13 heteroatoms. The molecule has 252 valence electrons. The Balaban J connectivity index is 1.20. The third-order valence-electron chi connectivity index (χ3n) is 8.02. The van der Waals surface area contributed by atoms with Crippen molar-refractivity contribution in [2.45, 2.75) is 84.8 Å². The molecule has 13 nitrogen and oxygen atoms in total. The average Bonchev–Trinajstić information content (AvgIpc) is 3.48. The van der Waals surface area contributed by atoms with Gasteiger partial charge in [0.15, 0.2) is 11.5 Å². The molecule has 0 saturated heterocycles. The van der Waals surface area contributed by atoms with E-state index in [1.807, 2.05) is 22.8 Å². The van der Waals surface area contributed by atoms with Gasteiger partial charge in [0.2, 0.25) is 0 Å². The van der Waals surface area contributed by atoms with Gasteiger partial charge in [0.1, 0.15) is 11.8 Å². The maximum absolute atomic E-state index is 12.0. The maximum Gasteiger partial charge on any atom is 0.328 e. The van der Waals surface area contributed by atoms with Gasteiger partial charge in [-0.1, -0.05) is 36.5 Å². The van der Waals surface area contributed by atoms with Crippen LogP contribution in [-0.4, -0.2) is 38.6 Å². The van der Waals surface area contributed by atoms with Gasteiger partial charge in [-0.25, -0.2) is 24.5 Å². The molecule has 0 saturated carbocycles. The summed E-state index contributed by atoms with van der Waals surface area (Å²) in [5.41, 5.74) is 9.47. The van der Waals surface area contributed by atoms with E-state index in [-0.39, 0.29) is 22.5 Å². The number of benzene rings is 1. The smallest absolute Gasteiger partial charge is 0.328 e. The van der Waals surface area contributed by atoms with E-state index in [9.17, 15) is 19.2 Å². The Labute approximate surface area is 282 Å². The highest BCUT2D eigenvalue weighted by Gasteiger charge is 2.09. The van der Waals surface area contributed by atoms with Crippen LogP contribution in [0, 0.1) is 37.5 Å². The average molecular weight is 662 g/mol. The van der Waals surface area contributed by atoms with Crippen molar-refractivity contribution in [3.8, 4) is 23.7 Å². The summed E-state index contributed by atoms with van der Waals surface area (Å²) in [5, 5.41) is 0. The molecule has 5 rings (SSSR count). The molecule has 0 unspecified atom stereocenters. The summed E-state index contributed by atoms with van der Waals surface area (Å²) < 4.78 is 5.00. The van der Waals surface area contributed by atoms with Crippen LogP contribution in [0.2, 0.25) is 0 Å². The first-order chi connectivity index (χ1) is 23.7. The van der Waals surface area contributed by atoms with E-state index in [1.165, 1.54) is 6.33 Å². The molecule has 0 bridgehead atoms. The van der Waals surface area contributed by atoms with E-state index in [4.69, 9.17) is 5.73 Å². The number of hydrogen-bond donors (Lipinski definition) is 3. The Bertz CT molecular complexity index is 2200. The molecule has 0 spiro atoms. The molecule has 0 atom stereocenters. The summed E-state index contributed by atoms with van der Waals surface area (Å²) in [6.07, 6.45) is 12.9. The molecule has 4 heterocycles. The summed E-state index contributed by atoms with van der Waals surface area (Å²) in [5.74, 6) is 13.5. The molecule has 49 heavy (non-hydrogen) atoms. The topological polar surface area (TPSA) is 179 Å². The molecule has 0 aliphatic carbocycles. The molecule has 0 radical (unpaired) electrons. The molecule has 0 fully saturated rings. The summed E-state index contributed by atoms with van der Waals surface area (Å²) in [7, 11) is 0. The van der Waals surface area contributed by atoms with Crippen LogP contribution in [0.25, 0.3) is 11.2 Å². The van der Waals surface area contributed by atoms with Crippen LogP contribution < -0.4 is 28.2 Å². The Morgan fingerprint density at radius 2 is 1.24 bits per heavy atom. The molecular weight excluding hydrogens is 622 g/mol. The van der Waals surface area contributed by atoms with Crippen LogP contribution in [0.4, 0.5) is 5.82 Å². The predicted octanol–water partition coefficient (Wildman–Crippen LogP) is 3.00. The van der Waals surface area contributed by atoms with Crippen molar-refractivity contribution >= 4 is 17.0 Å². The number of nitrogens with two attached hydrogens (primary N) is 1. The zero-order valence-corrected chi connectivity index (χ0v) is 27.7. The van der Waals surface area contributed by atoms with E-state index in [1.54, 1.807) is 41.7 Å². The third-order valence-corrected chi connectivity index (χ3v) is 8.02. The van der Waals surface area contributed by atoms with Crippen LogP contribution in [-0.2, 0) is 19.6 Å². The summed E-state index contributed by atoms with van der Waals surface area (Å²) in [6.45, 7) is 4.96. The highest BCUT2D eigenvalue weighted by atomic mass is 16.2. The van der Waals surface area contributed by atoms with Crippen molar-refractivity contribution in [1.82, 2.24) is 38.6 Å². The van der Waals surface area contributed by atoms with Crippen LogP contribution in [0.1, 0.15) is 79.2 Å². The fraction of sp³-hybridized carbons (Fsp3) is 0.361. The van der Waals surface area contributed by atoms with Gasteiger partial charge in [-0.15, -0.1) is 0 Å². The van der Waals surface area contributed by atoms with Crippen molar-refractivity contribution < 1.29 is 0 Å². The van der Waals surface area contributed by atoms with Gasteiger partial charge in [0.25, 0.3) is 11.1 Å². The lowest BCUT2D eigenvalue weighted by Crippen LogP contribution is -2.30. The van der Waals surface area contributed by atoms with Gasteiger partial charge >= 0.3 is 11.4 Å².